The molecule has 1 aromatic carbocycles. The molecule has 0 saturated heterocycles. The molecular formula is C15H20F2N2O. The van der Waals surface area contributed by atoms with Crippen molar-refractivity contribution in [1.82, 2.24) is 10.6 Å². The maximum absolute atomic E-state index is 13.6. The molecule has 5 heteroatoms. The lowest BCUT2D eigenvalue weighted by atomic mass is 10.1. The number of amides is 1. The van der Waals surface area contributed by atoms with Crippen LogP contribution in [0.15, 0.2) is 18.2 Å². The van der Waals surface area contributed by atoms with E-state index in [0.717, 1.165) is 25.6 Å². The van der Waals surface area contributed by atoms with Gasteiger partial charge in [-0.25, -0.2) is 8.78 Å². The summed E-state index contributed by atoms with van der Waals surface area (Å²) in [6, 6.07) is 3.54. The van der Waals surface area contributed by atoms with Gasteiger partial charge >= 0.3 is 0 Å². The van der Waals surface area contributed by atoms with Gasteiger partial charge in [0.05, 0.1) is 0 Å². The van der Waals surface area contributed by atoms with Gasteiger partial charge < -0.3 is 10.6 Å². The van der Waals surface area contributed by atoms with Gasteiger partial charge in [0.2, 0.25) is 5.91 Å². The highest BCUT2D eigenvalue weighted by molar-refractivity contribution is 5.82. The third kappa shape index (κ3) is 3.76. The van der Waals surface area contributed by atoms with Crippen LogP contribution in [0.2, 0.25) is 0 Å². The van der Waals surface area contributed by atoms with Crippen LogP contribution in [-0.4, -0.2) is 25.5 Å². The fourth-order valence-electron chi connectivity index (χ4n) is 2.34. The van der Waals surface area contributed by atoms with E-state index < -0.39 is 11.6 Å². The molecule has 1 amide bonds. The van der Waals surface area contributed by atoms with Gasteiger partial charge in [0.1, 0.15) is 11.6 Å². The van der Waals surface area contributed by atoms with E-state index >= 15 is 0 Å². The van der Waals surface area contributed by atoms with Gasteiger partial charge in [-0.2, -0.15) is 0 Å². The predicted molar refractivity (Wildman–Crippen MR) is 73.4 cm³/mol. The zero-order valence-corrected chi connectivity index (χ0v) is 11.6. The Kier molecular flexibility index (Phi) is 5.06. The van der Waals surface area contributed by atoms with Crippen LogP contribution in [0.4, 0.5) is 8.78 Å². The number of hydrogen-bond donors (Lipinski definition) is 2. The van der Waals surface area contributed by atoms with E-state index in [0.29, 0.717) is 18.5 Å². The molecule has 2 rings (SSSR count). The van der Waals surface area contributed by atoms with Crippen molar-refractivity contribution in [3.8, 4) is 0 Å². The molecule has 0 spiro atoms. The van der Waals surface area contributed by atoms with Crippen LogP contribution in [-0.2, 0) is 4.79 Å². The minimum atomic E-state index is -0.588. The first-order valence-corrected chi connectivity index (χ1v) is 7.07. The van der Waals surface area contributed by atoms with Gasteiger partial charge in [-0.05, 0) is 36.9 Å². The van der Waals surface area contributed by atoms with Gasteiger partial charge in [-0.1, -0.05) is 13.0 Å². The first-order valence-electron chi connectivity index (χ1n) is 7.07. The average Bonchev–Trinajstić information content (AvgIpc) is 3.18. The third-order valence-electron chi connectivity index (χ3n) is 3.52. The lowest BCUT2D eigenvalue weighted by Crippen LogP contribution is -2.33. The molecule has 0 bridgehead atoms. The SMILES string of the molecule is CCCNCCNC(=O)C1CC1c1ccc(F)cc1F. The molecule has 2 atom stereocenters. The fourth-order valence-corrected chi connectivity index (χ4v) is 2.34. The van der Waals surface area contributed by atoms with Crippen molar-refractivity contribution in [2.75, 3.05) is 19.6 Å². The maximum Gasteiger partial charge on any atom is 0.223 e. The monoisotopic (exact) mass is 282 g/mol. The Hall–Kier alpha value is -1.49. The number of carbonyl (C=O) groups excluding carboxylic acids is 1. The van der Waals surface area contributed by atoms with E-state index in [1.54, 1.807) is 0 Å². The lowest BCUT2D eigenvalue weighted by molar-refractivity contribution is -0.122. The number of rotatable bonds is 7. The van der Waals surface area contributed by atoms with Crippen LogP contribution in [0.5, 0.6) is 0 Å². The Bertz CT molecular complexity index is 479. The maximum atomic E-state index is 13.6. The van der Waals surface area contributed by atoms with E-state index in [-0.39, 0.29) is 17.7 Å². The van der Waals surface area contributed by atoms with E-state index in [2.05, 4.69) is 17.6 Å². The molecule has 0 aliphatic heterocycles. The quantitative estimate of drug-likeness (QED) is 0.753. The second-order valence-electron chi connectivity index (χ2n) is 5.16. The minimum Gasteiger partial charge on any atom is -0.355 e. The van der Waals surface area contributed by atoms with Gasteiger partial charge in [0.25, 0.3) is 0 Å². The van der Waals surface area contributed by atoms with E-state index in [9.17, 15) is 13.6 Å². The summed E-state index contributed by atoms with van der Waals surface area (Å²) in [4.78, 5) is 11.9. The van der Waals surface area contributed by atoms with Crippen molar-refractivity contribution in [1.29, 1.82) is 0 Å². The normalized spacial score (nSPS) is 20.8. The Morgan fingerprint density at radius 2 is 2.10 bits per heavy atom. The van der Waals surface area contributed by atoms with Crippen LogP contribution in [0.1, 0.15) is 31.2 Å². The Morgan fingerprint density at radius 1 is 1.30 bits per heavy atom. The highest BCUT2D eigenvalue weighted by atomic mass is 19.1. The summed E-state index contributed by atoms with van der Waals surface area (Å²) in [5.74, 6) is -1.48. The highest BCUT2D eigenvalue weighted by Crippen LogP contribution is 2.48. The molecule has 1 aromatic rings. The summed E-state index contributed by atoms with van der Waals surface area (Å²) in [7, 11) is 0. The van der Waals surface area contributed by atoms with Crippen molar-refractivity contribution in [3.63, 3.8) is 0 Å². The van der Waals surface area contributed by atoms with E-state index in [1.807, 2.05) is 0 Å². The molecule has 0 aromatic heterocycles. The molecule has 1 aliphatic carbocycles. The molecule has 2 unspecified atom stereocenters. The van der Waals surface area contributed by atoms with E-state index in [1.165, 1.54) is 12.1 Å². The van der Waals surface area contributed by atoms with Crippen molar-refractivity contribution in [2.24, 2.45) is 5.92 Å². The number of benzene rings is 1. The molecule has 110 valence electrons. The van der Waals surface area contributed by atoms with Crippen LogP contribution in [0, 0.1) is 17.6 Å². The zero-order valence-electron chi connectivity index (χ0n) is 11.6. The minimum absolute atomic E-state index is 0.0444. The standard InChI is InChI=1S/C15H20F2N2O/c1-2-5-18-6-7-19-15(20)13-9-12(13)11-4-3-10(16)8-14(11)17/h3-4,8,12-13,18H,2,5-7,9H2,1H3,(H,19,20). The first-order chi connectivity index (χ1) is 9.63. The van der Waals surface area contributed by atoms with E-state index in [4.69, 9.17) is 0 Å². The average molecular weight is 282 g/mol. The molecule has 1 fully saturated rings. The summed E-state index contributed by atoms with van der Waals surface area (Å²) in [6.45, 7) is 4.33. The molecule has 0 radical (unpaired) electrons. The van der Waals surface area contributed by atoms with Gasteiger partial charge in [0, 0.05) is 25.1 Å². The Labute approximate surface area is 117 Å². The summed E-state index contributed by atoms with van der Waals surface area (Å²) in [6.07, 6.45) is 1.69. The molecule has 2 N–H and O–H groups in total. The highest BCUT2D eigenvalue weighted by Gasteiger charge is 2.45. The summed E-state index contributed by atoms with van der Waals surface area (Å²) < 4.78 is 26.4. The summed E-state index contributed by atoms with van der Waals surface area (Å²) in [5, 5.41) is 6.03. The van der Waals surface area contributed by atoms with Crippen molar-refractivity contribution >= 4 is 5.91 Å². The number of nitrogens with one attached hydrogen (secondary N) is 2. The van der Waals surface area contributed by atoms with Gasteiger partial charge in [-0.15, -0.1) is 0 Å². The number of halogens is 2. The predicted octanol–water partition coefficient (Wildman–Crippen LogP) is 2.18. The molecule has 3 nitrogen and oxygen atoms in total. The zero-order chi connectivity index (χ0) is 14.5. The number of carbonyl (C=O) groups is 1. The van der Waals surface area contributed by atoms with Crippen LogP contribution in [0.3, 0.4) is 0 Å². The second-order valence-corrected chi connectivity index (χ2v) is 5.16. The molecule has 0 heterocycles. The first kappa shape index (κ1) is 14.9. The Balaban J connectivity index is 1.77. The molecule has 1 saturated carbocycles. The van der Waals surface area contributed by atoms with Crippen LogP contribution >= 0.6 is 0 Å². The van der Waals surface area contributed by atoms with Crippen molar-refractivity contribution in [2.45, 2.75) is 25.7 Å². The molecule has 1 aliphatic rings. The third-order valence-corrected chi connectivity index (χ3v) is 3.52. The largest absolute Gasteiger partial charge is 0.355 e. The second kappa shape index (κ2) is 6.79. The topological polar surface area (TPSA) is 41.1 Å². The fraction of sp³-hybridized carbons (Fsp3) is 0.533. The smallest absolute Gasteiger partial charge is 0.223 e. The van der Waals surface area contributed by atoms with Crippen LogP contribution < -0.4 is 10.6 Å². The summed E-state index contributed by atoms with van der Waals surface area (Å²) >= 11 is 0. The molecule has 20 heavy (non-hydrogen) atoms. The number of hydrogen-bond acceptors (Lipinski definition) is 2. The van der Waals surface area contributed by atoms with Crippen molar-refractivity contribution < 1.29 is 13.6 Å². The van der Waals surface area contributed by atoms with Crippen molar-refractivity contribution in [3.05, 3.63) is 35.4 Å². The van der Waals surface area contributed by atoms with Crippen LogP contribution in [0.25, 0.3) is 0 Å². The van der Waals surface area contributed by atoms with Gasteiger partial charge in [-0.3, -0.25) is 4.79 Å². The van der Waals surface area contributed by atoms with Gasteiger partial charge in [0.15, 0.2) is 0 Å². The Morgan fingerprint density at radius 3 is 2.80 bits per heavy atom. The molecular weight excluding hydrogens is 262 g/mol. The summed E-state index contributed by atoms with van der Waals surface area (Å²) in [5.41, 5.74) is 0.440. The lowest BCUT2D eigenvalue weighted by Gasteiger charge is -2.06.